The van der Waals surface area contributed by atoms with E-state index in [0.29, 0.717) is 6.07 Å². The third kappa shape index (κ3) is 4.52. The number of ether oxygens (including phenoxy) is 1. The van der Waals surface area contributed by atoms with E-state index >= 15 is 0 Å². The number of amides is 1. The van der Waals surface area contributed by atoms with Gasteiger partial charge in [0.05, 0.1) is 12.1 Å². The summed E-state index contributed by atoms with van der Waals surface area (Å²) in [5.74, 6) is -6.27. The predicted octanol–water partition coefficient (Wildman–Crippen LogP) is 4.76. The van der Waals surface area contributed by atoms with Crippen LogP contribution in [0, 0.1) is 23.3 Å². The quantitative estimate of drug-likeness (QED) is 0.375. The number of benzene rings is 2. The first-order valence-corrected chi connectivity index (χ1v) is 9.41. The zero-order chi connectivity index (χ0) is 22.7. The lowest BCUT2D eigenvalue weighted by Gasteiger charge is -2.34. The summed E-state index contributed by atoms with van der Waals surface area (Å²) in [6.07, 6.45) is 1.00. The molecule has 3 rings (SSSR count). The lowest BCUT2D eigenvalue weighted by molar-refractivity contribution is -0.139. The second kappa shape index (κ2) is 9.16. The number of carbonyl (C=O) groups is 2. The molecule has 0 bridgehead atoms. The van der Waals surface area contributed by atoms with Crippen molar-refractivity contribution in [3.8, 4) is 0 Å². The van der Waals surface area contributed by atoms with E-state index in [1.54, 1.807) is 0 Å². The smallest absolute Gasteiger partial charge is 0.336 e. The molecule has 1 unspecified atom stereocenters. The van der Waals surface area contributed by atoms with E-state index in [4.69, 9.17) is 4.74 Å². The highest BCUT2D eigenvalue weighted by Gasteiger charge is 2.38. The molecule has 0 radical (unpaired) electrons. The van der Waals surface area contributed by atoms with E-state index in [9.17, 15) is 27.2 Å². The fourth-order valence-electron chi connectivity index (χ4n) is 3.57. The maximum absolute atomic E-state index is 14.5. The Morgan fingerprint density at radius 3 is 2.61 bits per heavy atom. The summed E-state index contributed by atoms with van der Waals surface area (Å²) in [6, 6.07) is 6.43. The second-order valence-electron chi connectivity index (χ2n) is 7.00. The van der Waals surface area contributed by atoms with Crippen molar-refractivity contribution in [3.05, 3.63) is 94.7 Å². The molecule has 1 atom stereocenters. The van der Waals surface area contributed by atoms with Gasteiger partial charge in [0.2, 0.25) is 5.91 Å². The van der Waals surface area contributed by atoms with Gasteiger partial charge in [-0.15, -0.1) is 0 Å². The molecule has 2 aromatic carbocycles. The zero-order valence-electron chi connectivity index (χ0n) is 16.6. The minimum atomic E-state index is -1.11. The summed E-state index contributed by atoms with van der Waals surface area (Å²) >= 11 is 0. The second-order valence-corrected chi connectivity index (χ2v) is 7.00. The van der Waals surface area contributed by atoms with Crippen LogP contribution in [-0.4, -0.2) is 23.4 Å². The topological polar surface area (TPSA) is 46.6 Å². The molecule has 0 aromatic heterocycles. The van der Waals surface area contributed by atoms with Crippen LogP contribution in [0.15, 0.2) is 60.3 Å². The lowest BCUT2D eigenvalue weighted by atomic mass is 9.83. The van der Waals surface area contributed by atoms with Crippen molar-refractivity contribution in [2.45, 2.75) is 25.8 Å². The van der Waals surface area contributed by atoms with Crippen LogP contribution in [0.3, 0.4) is 0 Å². The van der Waals surface area contributed by atoms with Gasteiger partial charge in [-0.05, 0) is 24.6 Å². The number of nitrogens with zero attached hydrogens (tertiary/aromatic N) is 1. The minimum Gasteiger partial charge on any atom is -0.458 e. The van der Waals surface area contributed by atoms with Crippen molar-refractivity contribution in [3.63, 3.8) is 0 Å². The van der Waals surface area contributed by atoms with Gasteiger partial charge in [-0.2, -0.15) is 0 Å². The summed E-state index contributed by atoms with van der Waals surface area (Å²) in [6.45, 7) is 4.45. The maximum atomic E-state index is 14.5. The van der Waals surface area contributed by atoms with Gasteiger partial charge in [0, 0.05) is 29.7 Å². The standard InChI is InChI=1S/C23H19F4NO3/c1-3-9-31-23(30)21-13(2)28(12-14-5-4-6-18(25)22(14)27)20(29)11-17(21)16-8-7-15(24)10-19(16)26/h3-8,10,17H,1,9,11-12H2,2H3. The van der Waals surface area contributed by atoms with Gasteiger partial charge in [0.1, 0.15) is 18.2 Å². The van der Waals surface area contributed by atoms with Crippen LogP contribution in [0.5, 0.6) is 0 Å². The zero-order valence-corrected chi connectivity index (χ0v) is 16.6. The van der Waals surface area contributed by atoms with Gasteiger partial charge in [-0.3, -0.25) is 4.79 Å². The summed E-state index contributed by atoms with van der Waals surface area (Å²) in [4.78, 5) is 26.7. The molecule has 0 N–H and O–H groups in total. The fourth-order valence-corrected chi connectivity index (χ4v) is 3.57. The first kappa shape index (κ1) is 22.3. The van der Waals surface area contributed by atoms with Crippen LogP contribution >= 0.6 is 0 Å². The molecule has 0 saturated carbocycles. The first-order valence-electron chi connectivity index (χ1n) is 9.41. The molecule has 0 fully saturated rings. The summed E-state index contributed by atoms with van der Waals surface area (Å²) in [7, 11) is 0. The summed E-state index contributed by atoms with van der Waals surface area (Å²) in [5.41, 5.74) is -0.0411. The molecule has 0 spiro atoms. The molecule has 1 amide bonds. The van der Waals surface area contributed by atoms with Crippen LogP contribution in [0.2, 0.25) is 0 Å². The number of esters is 1. The van der Waals surface area contributed by atoms with Gasteiger partial charge in [-0.25, -0.2) is 22.4 Å². The van der Waals surface area contributed by atoms with E-state index in [0.717, 1.165) is 17.0 Å². The highest BCUT2D eigenvalue weighted by atomic mass is 19.2. The van der Waals surface area contributed by atoms with Gasteiger partial charge < -0.3 is 9.64 Å². The Balaban J connectivity index is 2.08. The van der Waals surface area contributed by atoms with Crippen LogP contribution < -0.4 is 0 Å². The SMILES string of the molecule is C=CCOC(=O)C1=C(C)N(Cc2cccc(F)c2F)C(=O)CC1c1ccc(F)cc1F. The van der Waals surface area contributed by atoms with E-state index in [2.05, 4.69) is 6.58 Å². The highest BCUT2D eigenvalue weighted by Crippen LogP contribution is 2.39. The molecule has 0 aliphatic carbocycles. The van der Waals surface area contributed by atoms with Crippen LogP contribution in [0.25, 0.3) is 0 Å². The van der Waals surface area contributed by atoms with Gasteiger partial charge in [0.15, 0.2) is 11.6 Å². The van der Waals surface area contributed by atoms with E-state index in [1.165, 1.54) is 31.2 Å². The molecule has 1 aliphatic heterocycles. The third-order valence-electron chi connectivity index (χ3n) is 5.07. The first-order chi connectivity index (χ1) is 14.7. The number of hydrogen-bond acceptors (Lipinski definition) is 3. The Hall–Kier alpha value is -3.42. The Morgan fingerprint density at radius 2 is 1.94 bits per heavy atom. The number of allylic oxidation sites excluding steroid dienone is 1. The summed E-state index contributed by atoms with van der Waals surface area (Å²) in [5, 5.41) is 0. The monoisotopic (exact) mass is 433 g/mol. The molecule has 1 aliphatic rings. The van der Waals surface area contributed by atoms with Gasteiger partial charge in [0.25, 0.3) is 0 Å². The van der Waals surface area contributed by atoms with Crippen molar-refractivity contribution < 1.29 is 31.9 Å². The normalized spacial score (nSPS) is 16.5. The van der Waals surface area contributed by atoms with Crippen LogP contribution in [0.4, 0.5) is 17.6 Å². The molecular weight excluding hydrogens is 414 g/mol. The van der Waals surface area contributed by atoms with Crippen molar-refractivity contribution in [1.82, 2.24) is 4.90 Å². The van der Waals surface area contributed by atoms with E-state index in [-0.39, 0.29) is 42.0 Å². The fraction of sp³-hybridized carbons (Fsp3) is 0.217. The Bertz CT molecular complexity index is 1080. The largest absolute Gasteiger partial charge is 0.458 e. The van der Waals surface area contributed by atoms with Crippen molar-refractivity contribution >= 4 is 11.9 Å². The predicted molar refractivity (Wildman–Crippen MR) is 104 cm³/mol. The minimum absolute atomic E-state index is 0.0243. The molecule has 0 saturated heterocycles. The van der Waals surface area contributed by atoms with Crippen LogP contribution in [0.1, 0.15) is 30.4 Å². The van der Waals surface area contributed by atoms with Gasteiger partial charge in [-0.1, -0.05) is 30.9 Å². The lowest BCUT2D eigenvalue weighted by Crippen LogP contribution is -2.38. The van der Waals surface area contributed by atoms with Crippen molar-refractivity contribution in [2.24, 2.45) is 0 Å². The maximum Gasteiger partial charge on any atom is 0.336 e. The average Bonchev–Trinajstić information content (AvgIpc) is 2.72. The number of halogens is 4. The Morgan fingerprint density at radius 1 is 1.19 bits per heavy atom. The number of hydrogen-bond donors (Lipinski definition) is 0. The Kier molecular flexibility index (Phi) is 6.58. The highest BCUT2D eigenvalue weighted by molar-refractivity contribution is 5.96. The van der Waals surface area contributed by atoms with E-state index < -0.39 is 41.1 Å². The molecule has 2 aromatic rings. The van der Waals surface area contributed by atoms with Crippen LogP contribution in [-0.2, 0) is 20.9 Å². The number of carbonyl (C=O) groups excluding carboxylic acids is 2. The van der Waals surface area contributed by atoms with E-state index in [1.807, 2.05) is 0 Å². The third-order valence-corrected chi connectivity index (χ3v) is 5.07. The number of rotatable bonds is 6. The molecule has 1 heterocycles. The molecule has 4 nitrogen and oxygen atoms in total. The van der Waals surface area contributed by atoms with Gasteiger partial charge >= 0.3 is 5.97 Å². The Labute approximate surface area is 176 Å². The molecule has 8 heteroatoms. The average molecular weight is 433 g/mol. The van der Waals surface area contributed by atoms with Crippen molar-refractivity contribution in [1.29, 1.82) is 0 Å². The summed E-state index contributed by atoms with van der Waals surface area (Å²) < 4.78 is 60.7. The van der Waals surface area contributed by atoms with Crippen molar-refractivity contribution in [2.75, 3.05) is 6.61 Å². The molecular formula is C23H19F4NO3. The molecule has 162 valence electrons. The molecule has 31 heavy (non-hydrogen) atoms.